The van der Waals surface area contributed by atoms with Gasteiger partial charge in [0.15, 0.2) is 0 Å². The molecule has 1 aliphatic carbocycles. The molecule has 0 saturated heterocycles. The van der Waals surface area contributed by atoms with Gasteiger partial charge in [0.05, 0.1) is 22.4 Å². The number of hydrogen-bond donors (Lipinski definition) is 0. The van der Waals surface area contributed by atoms with Crippen molar-refractivity contribution in [2.75, 3.05) is 0 Å². The lowest BCUT2D eigenvalue weighted by Crippen LogP contribution is -1.98. The molecule has 0 atom stereocenters. The highest BCUT2D eigenvalue weighted by Gasteiger charge is 2.26. The van der Waals surface area contributed by atoms with Crippen LogP contribution in [0.3, 0.4) is 0 Å². The predicted octanol–water partition coefficient (Wildman–Crippen LogP) is 2.80. The molecule has 6 heteroatoms. The Labute approximate surface area is 102 Å². The zero-order chi connectivity index (χ0) is 12.7. The van der Waals surface area contributed by atoms with E-state index in [4.69, 9.17) is 0 Å². The average molecular weight is 247 g/mol. The Balaban J connectivity index is 2.01. The number of rotatable bonds is 3. The molecule has 0 N–H and O–H groups in total. The van der Waals surface area contributed by atoms with Gasteiger partial charge in [-0.15, -0.1) is 0 Å². The van der Waals surface area contributed by atoms with Gasteiger partial charge in [0.25, 0.3) is 5.69 Å². The quantitative estimate of drug-likeness (QED) is 0.619. The first-order chi connectivity index (χ1) is 8.63. The second-order valence-electron chi connectivity index (χ2n) is 4.38. The fourth-order valence-corrected chi connectivity index (χ4v) is 1.88. The molecular formula is C12H10FN3O2. The number of aromatic nitrogens is 2. The van der Waals surface area contributed by atoms with E-state index >= 15 is 0 Å². The SMILES string of the molecule is O=[N+]([O-])c1cc(F)cc(-n2ccc(C3CC3)n2)c1. The van der Waals surface area contributed by atoms with Gasteiger partial charge < -0.3 is 0 Å². The van der Waals surface area contributed by atoms with Crippen LogP contribution >= 0.6 is 0 Å². The van der Waals surface area contributed by atoms with Gasteiger partial charge in [-0.3, -0.25) is 10.1 Å². The molecule has 18 heavy (non-hydrogen) atoms. The van der Waals surface area contributed by atoms with Crippen molar-refractivity contribution in [2.24, 2.45) is 0 Å². The van der Waals surface area contributed by atoms with Gasteiger partial charge in [0.1, 0.15) is 5.82 Å². The Morgan fingerprint density at radius 2 is 2.17 bits per heavy atom. The molecule has 0 amide bonds. The normalized spacial score (nSPS) is 14.7. The smallest absolute Gasteiger partial charge is 0.258 e. The first kappa shape index (κ1) is 10.9. The van der Waals surface area contributed by atoms with E-state index in [9.17, 15) is 14.5 Å². The molecule has 2 aromatic rings. The molecule has 3 rings (SSSR count). The molecular weight excluding hydrogens is 237 g/mol. The minimum Gasteiger partial charge on any atom is -0.258 e. The zero-order valence-corrected chi connectivity index (χ0v) is 9.41. The molecule has 0 aliphatic heterocycles. The molecule has 5 nitrogen and oxygen atoms in total. The fraction of sp³-hybridized carbons (Fsp3) is 0.250. The largest absolute Gasteiger partial charge is 0.274 e. The maximum atomic E-state index is 13.3. The third-order valence-electron chi connectivity index (χ3n) is 2.95. The van der Waals surface area contributed by atoms with Crippen molar-refractivity contribution in [3.63, 3.8) is 0 Å². The van der Waals surface area contributed by atoms with E-state index < -0.39 is 10.7 Å². The van der Waals surface area contributed by atoms with Crippen molar-refractivity contribution < 1.29 is 9.31 Å². The third-order valence-corrected chi connectivity index (χ3v) is 2.95. The molecule has 0 radical (unpaired) electrons. The highest BCUT2D eigenvalue weighted by Crippen LogP contribution is 2.39. The van der Waals surface area contributed by atoms with Crippen LogP contribution in [0.25, 0.3) is 5.69 Å². The topological polar surface area (TPSA) is 61.0 Å². The summed E-state index contributed by atoms with van der Waals surface area (Å²) in [7, 11) is 0. The van der Waals surface area contributed by atoms with Crippen molar-refractivity contribution in [3.8, 4) is 5.69 Å². The molecule has 92 valence electrons. The molecule has 1 saturated carbocycles. The average Bonchev–Trinajstić information content (AvgIpc) is 3.06. The van der Waals surface area contributed by atoms with Crippen molar-refractivity contribution in [3.05, 3.63) is 52.1 Å². The summed E-state index contributed by atoms with van der Waals surface area (Å²) >= 11 is 0. The van der Waals surface area contributed by atoms with Gasteiger partial charge in [0, 0.05) is 24.2 Å². The van der Waals surface area contributed by atoms with E-state index in [1.807, 2.05) is 6.07 Å². The maximum absolute atomic E-state index is 13.3. The standard InChI is InChI=1S/C12H10FN3O2/c13-9-5-10(7-11(6-9)16(17)18)15-4-3-12(14-15)8-1-2-8/h3-8H,1-2H2. The molecule has 1 aromatic carbocycles. The van der Waals surface area contributed by atoms with Gasteiger partial charge in [-0.1, -0.05) is 0 Å². The zero-order valence-electron chi connectivity index (χ0n) is 9.41. The van der Waals surface area contributed by atoms with Crippen LogP contribution in [0.15, 0.2) is 30.5 Å². The van der Waals surface area contributed by atoms with Gasteiger partial charge in [-0.05, 0) is 18.9 Å². The summed E-state index contributed by atoms with van der Waals surface area (Å²) < 4.78 is 14.8. The van der Waals surface area contributed by atoms with Gasteiger partial charge in [0.2, 0.25) is 0 Å². The molecule has 1 aromatic heterocycles. The fourth-order valence-electron chi connectivity index (χ4n) is 1.88. The van der Waals surface area contributed by atoms with Gasteiger partial charge in [-0.2, -0.15) is 5.10 Å². The van der Waals surface area contributed by atoms with Crippen molar-refractivity contribution in [1.29, 1.82) is 0 Å². The third kappa shape index (κ3) is 1.97. The molecule has 1 fully saturated rings. The van der Waals surface area contributed by atoms with Gasteiger partial charge >= 0.3 is 0 Å². The number of hydrogen-bond acceptors (Lipinski definition) is 3. The van der Waals surface area contributed by atoms with Gasteiger partial charge in [-0.25, -0.2) is 9.07 Å². The number of nitrogens with zero attached hydrogens (tertiary/aromatic N) is 3. The van der Waals surface area contributed by atoms with Crippen LogP contribution in [0.1, 0.15) is 24.5 Å². The van der Waals surface area contributed by atoms with E-state index in [1.54, 1.807) is 6.20 Å². The summed E-state index contributed by atoms with van der Waals surface area (Å²) in [6.45, 7) is 0. The van der Waals surface area contributed by atoms with Crippen LogP contribution in [0.2, 0.25) is 0 Å². The lowest BCUT2D eigenvalue weighted by atomic mass is 10.3. The highest BCUT2D eigenvalue weighted by atomic mass is 19.1. The van der Waals surface area contributed by atoms with E-state index in [0.29, 0.717) is 11.6 Å². The van der Waals surface area contributed by atoms with E-state index in [-0.39, 0.29) is 5.69 Å². The van der Waals surface area contributed by atoms with Crippen molar-refractivity contribution in [1.82, 2.24) is 9.78 Å². The summed E-state index contributed by atoms with van der Waals surface area (Å²) in [6, 6.07) is 5.31. The number of non-ortho nitro benzene ring substituents is 1. The van der Waals surface area contributed by atoms with Crippen LogP contribution in [0.5, 0.6) is 0 Å². The van der Waals surface area contributed by atoms with E-state index in [2.05, 4.69) is 5.10 Å². The van der Waals surface area contributed by atoms with E-state index in [0.717, 1.165) is 24.6 Å². The van der Waals surface area contributed by atoms with Crippen LogP contribution in [-0.2, 0) is 0 Å². The molecule has 0 spiro atoms. The predicted molar refractivity (Wildman–Crippen MR) is 62.2 cm³/mol. The maximum Gasteiger partial charge on any atom is 0.274 e. The molecule has 1 aliphatic rings. The lowest BCUT2D eigenvalue weighted by molar-refractivity contribution is -0.385. The summed E-state index contributed by atoms with van der Waals surface area (Å²) in [4.78, 5) is 10.1. The molecule has 0 unspecified atom stereocenters. The van der Waals surface area contributed by atoms with Crippen molar-refractivity contribution >= 4 is 5.69 Å². The summed E-state index contributed by atoms with van der Waals surface area (Å²) in [5, 5.41) is 15.0. The Morgan fingerprint density at radius 3 is 2.83 bits per heavy atom. The Morgan fingerprint density at radius 1 is 1.39 bits per heavy atom. The summed E-state index contributed by atoms with van der Waals surface area (Å²) in [6.07, 6.45) is 3.95. The Bertz CT molecular complexity index is 620. The molecule has 0 bridgehead atoms. The minimum absolute atomic E-state index is 0.270. The first-order valence-electron chi connectivity index (χ1n) is 5.64. The van der Waals surface area contributed by atoms with Crippen LogP contribution in [0, 0.1) is 15.9 Å². The second-order valence-corrected chi connectivity index (χ2v) is 4.38. The number of benzene rings is 1. The number of nitro benzene ring substituents is 1. The summed E-state index contributed by atoms with van der Waals surface area (Å²) in [5.41, 5.74) is 1.06. The Hall–Kier alpha value is -2.24. The van der Waals surface area contributed by atoms with Crippen molar-refractivity contribution in [2.45, 2.75) is 18.8 Å². The van der Waals surface area contributed by atoms with E-state index in [1.165, 1.54) is 16.8 Å². The van der Waals surface area contributed by atoms with Crippen LogP contribution in [-0.4, -0.2) is 14.7 Å². The monoisotopic (exact) mass is 247 g/mol. The number of nitro groups is 1. The second kappa shape index (κ2) is 3.90. The molecule has 1 heterocycles. The number of halogens is 1. The highest BCUT2D eigenvalue weighted by molar-refractivity contribution is 5.43. The first-order valence-corrected chi connectivity index (χ1v) is 5.64. The summed E-state index contributed by atoms with van der Waals surface area (Å²) in [5.74, 6) is -0.141. The minimum atomic E-state index is -0.636. The van der Waals surface area contributed by atoms with Crippen LogP contribution in [0.4, 0.5) is 10.1 Å². The Kier molecular flexibility index (Phi) is 2.36. The lowest BCUT2D eigenvalue weighted by Gasteiger charge is -2.01. The van der Waals surface area contributed by atoms with Crippen LogP contribution < -0.4 is 0 Å².